The van der Waals surface area contributed by atoms with Crippen molar-refractivity contribution in [1.29, 1.82) is 0 Å². The molecule has 0 spiro atoms. The molecular weight excluding hydrogens is 298 g/mol. The van der Waals surface area contributed by atoms with Gasteiger partial charge < -0.3 is 9.64 Å². The molecule has 18 heavy (non-hydrogen) atoms. The Morgan fingerprint density at radius 2 is 2.22 bits per heavy atom. The third-order valence-electron chi connectivity index (χ3n) is 3.29. The van der Waals surface area contributed by atoms with Crippen molar-refractivity contribution in [2.75, 3.05) is 30.4 Å². The molecule has 0 aliphatic carbocycles. The zero-order valence-corrected chi connectivity index (χ0v) is 12.1. The minimum absolute atomic E-state index is 0.0409. The lowest BCUT2D eigenvalue weighted by molar-refractivity contribution is 0.0819. The summed E-state index contributed by atoms with van der Waals surface area (Å²) < 4.78 is 6.81. The van der Waals surface area contributed by atoms with Crippen LogP contribution < -0.4 is 10.5 Å². The molecular formula is C12H18BrN3O2. The molecule has 0 unspecified atom stereocenters. The lowest BCUT2D eigenvalue weighted by Gasteiger charge is -2.32. The van der Waals surface area contributed by atoms with Crippen molar-refractivity contribution in [3.63, 3.8) is 0 Å². The first-order valence-electron chi connectivity index (χ1n) is 6.15. The molecule has 1 aromatic heterocycles. The molecule has 1 saturated heterocycles. The first-order valence-corrected chi connectivity index (χ1v) is 7.27. The van der Waals surface area contributed by atoms with Crippen LogP contribution in [0, 0.1) is 0 Å². The van der Waals surface area contributed by atoms with E-state index >= 15 is 0 Å². The normalized spacial score (nSPS) is 17.1. The molecule has 0 radical (unpaired) electrons. The van der Waals surface area contributed by atoms with Crippen LogP contribution in [0.15, 0.2) is 17.1 Å². The Morgan fingerprint density at radius 3 is 2.78 bits per heavy atom. The zero-order chi connectivity index (χ0) is 13.0. The Balaban J connectivity index is 2.06. The summed E-state index contributed by atoms with van der Waals surface area (Å²) in [4.78, 5) is 14.0. The molecule has 1 aliphatic rings. The molecule has 0 atom stereocenters. The predicted molar refractivity (Wildman–Crippen MR) is 74.5 cm³/mol. The number of nitrogens with zero attached hydrogens (tertiary/aromatic N) is 3. The fourth-order valence-electron chi connectivity index (χ4n) is 2.19. The topological polar surface area (TPSA) is 47.4 Å². The fraction of sp³-hybridized carbons (Fsp3) is 0.667. The van der Waals surface area contributed by atoms with Crippen molar-refractivity contribution in [3.8, 4) is 0 Å². The van der Waals surface area contributed by atoms with Gasteiger partial charge in [0.2, 0.25) is 0 Å². The van der Waals surface area contributed by atoms with Gasteiger partial charge in [0.05, 0.1) is 24.5 Å². The van der Waals surface area contributed by atoms with Crippen molar-refractivity contribution in [3.05, 3.63) is 22.6 Å². The molecule has 6 heteroatoms. The first-order chi connectivity index (χ1) is 8.74. The molecule has 0 bridgehead atoms. The van der Waals surface area contributed by atoms with E-state index in [9.17, 15) is 4.79 Å². The molecule has 5 nitrogen and oxygen atoms in total. The van der Waals surface area contributed by atoms with Crippen LogP contribution in [0.3, 0.4) is 0 Å². The van der Waals surface area contributed by atoms with E-state index < -0.39 is 0 Å². The molecule has 0 N–H and O–H groups in total. The summed E-state index contributed by atoms with van der Waals surface area (Å²) in [7, 11) is 1.75. The molecule has 1 aliphatic heterocycles. The Bertz CT molecular complexity index is 441. The van der Waals surface area contributed by atoms with Gasteiger partial charge in [0, 0.05) is 31.6 Å². The number of halogens is 1. The molecule has 2 heterocycles. The number of hydrogen-bond donors (Lipinski definition) is 0. The average Bonchev–Trinajstić information content (AvgIpc) is 2.41. The number of alkyl halides is 1. The average molecular weight is 316 g/mol. The number of ether oxygens (including phenoxy) is 1. The third kappa shape index (κ3) is 3.11. The number of aryl methyl sites for hydroxylation is 1. The van der Waals surface area contributed by atoms with Crippen LogP contribution in [0.5, 0.6) is 0 Å². The number of rotatable bonds is 4. The second kappa shape index (κ2) is 6.33. The highest BCUT2D eigenvalue weighted by Gasteiger charge is 2.19. The van der Waals surface area contributed by atoms with Crippen LogP contribution in [-0.4, -0.2) is 41.4 Å². The zero-order valence-electron chi connectivity index (χ0n) is 10.5. The van der Waals surface area contributed by atoms with Crippen LogP contribution in [-0.2, 0) is 11.3 Å². The Hall–Kier alpha value is -0.880. The van der Waals surface area contributed by atoms with E-state index in [4.69, 9.17) is 4.74 Å². The number of aromatic nitrogens is 2. The maximum absolute atomic E-state index is 11.8. The van der Waals surface area contributed by atoms with E-state index in [1.165, 1.54) is 4.68 Å². The van der Waals surface area contributed by atoms with E-state index in [1.807, 2.05) is 0 Å². The summed E-state index contributed by atoms with van der Waals surface area (Å²) in [5, 5.41) is 4.92. The monoisotopic (exact) mass is 315 g/mol. The SMILES string of the molecule is COC1CCN(c2cnn(CCBr)c(=O)c2)CC1. The molecule has 2 rings (SSSR count). The molecule has 0 saturated carbocycles. The van der Waals surface area contributed by atoms with E-state index in [0.29, 0.717) is 12.6 Å². The lowest BCUT2D eigenvalue weighted by Crippen LogP contribution is -2.37. The van der Waals surface area contributed by atoms with Crippen LogP contribution in [0.2, 0.25) is 0 Å². The van der Waals surface area contributed by atoms with Gasteiger partial charge in [0.25, 0.3) is 5.56 Å². The van der Waals surface area contributed by atoms with Gasteiger partial charge >= 0.3 is 0 Å². The van der Waals surface area contributed by atoms with Gasteiger partial charge in [-0.1, -0.05) is 15.9 Å². The summed E-state index contributed by atoms with van der Waals surface area (Å²) in [5.74, 6) is 0. The predicted octanol–water partition coefficient (Wildman–Crippen LogP) is 1.25. The van der Waals surface area contributed by atoms with Gasteiger partial charge in [0.15, 0.2) is 0 Å². The maximum atomic E-state index is 11.8. The van der Waals surface area contributed by atoms with Gasteiger partial charge in [-0.05, 0) is 12.8 Å². The van der Waals surface area contributed by atoms with Crippen molar-refractivity contribution < 1.29 is 4.74 Å². The number of piperidine rings is 1. The Kier molecular flexibility index (Phi) is 4.77. The number of methoxy groups -OCH3 is 1. The van der Waals surface area contributed by atoms with E-state index in [2.05, 4.69) is 25.9 Å². The van der Waals surface area contributed by atoms with Crippen molar-refractivity contribution >= 4 is 21.6 Å². The van der Waals surface area contributed by atoms with Crippen LogP contribution in [0.25, 0.3) is 0 Å². The van der Waals surface area contributed by atoms with Crippen molar-refractivity contribution in [1.82, 2.24) is 9.78 Å². The summed E-state index contributed by atoms with van der Waals surface area (Å²) in [5.41, 5.74) is 0.876. The largest absolute Gasteiger partial charge is 0.381 e. The van der Waals surface area contributed by atoms with Gasteiger partial charge in [-0.2, -0.15) is 5.10 Å². The second-order valence-electron chi connectivity index (χ2n) is 4.39. The summed E-state index contributed by atoms with van der Waals surface area (Å²) in [6.45, 7) is 2.44. The smallest absolute Gasteiger partial charge is 0.268 e. The third-order valence-corrected chi connectivity index (χ3v) is 3.65. The second-order valence-corrected chi connectivity index (χ2v) is 5.18. The van der Waals surface area contributed by atoms with E-state index in [1.54, 1.807) is 19.4 Å². The Morgan fingerprint density at radius 1 is 1.50 bits per heavy atom. The highest BCUT2D eigenvalue weighted by Crippen LogP contribution is 2.18. The van der Waals surface area contributed by atoms with E-state index in [-0.39, 0.29) is 5.56 Å². The highest BCUT2D eigenvalue weighted by atomic mass is 79.9. The highest BCUT2D eigenvalue weighted by molar-refractivity contribution is 9.09. The van der Waals surface area contributed by atoms with Gasteiger partial charge in [-0.25, -0.2) is 4.68 Å². The standard InChI is InChI=1S/C12H18BrN3O2/c1-18-11-2-5-15(6-3-11)10-8-12(17)16(7-4-13)14-9-10/h8-9,11H,2-7H2,1H3. The number of hydrogen-bond acceptors (Lipinski definition) is 4. The minimum Gasteiger partial charge on any atom is -0.381 e. The van der Waals surface area contributed by atoms with Crippen LogP contribution >= 0.6 is 15.9 Å². The molecule has 1 aromatic rings. The van der Waals surface area contributed by atoms with E-state index in [0.717, 1.165) is 36.9 Å². The summed E-state index contributed by atoms with van der Waals surface area (Å²) >= 11 is 3.31. The van der Waals surface area contributed by atoms with Crippen LogP contribution in [0.1, 0.15) is 12.8 Å². The van der Waals surface area contributed by atoms with Gasteiger partial charge in [-0.15, -0.1) is 0 Å². The quantitative estimate of drug-likeness (QED) is 0.785. The maximum Gasteiger partial charge on any atom is 0.268 e. The minimum atomic E-state index is -0.0409. The molecule has 1 fully saturated rings. The lowest BCUT2D eigenvalue weighted by atomic mass is 10.1. The van der Waals surface area contributed by atoms with Crippen molar-refractivity contribution in [2.24, 2.45) is 0 Å². The van der Waals surface area contributed by atoms with Gasteiger partial charge in [-0.3, -0.25) is 4.79 Å². The first kappa shape index (κ1) is 13.5. The Labute approximate surface area is 115 Å². The van der Waals surface area contributed by atoms with Crippen molar-refractivity contribution in [2.45, 2.75) is 25.5 Å². The molecule has 100 valence electrons. The van der Waals surface area contributed by atoms with Gasteiger partial charge in [0.1, 0.15) is 0 Å². The molecule has 0 aromatic carbocycles. The molecule has 0 amide bonds. The number of anilines is 1. The fourth-order valence-corrected chi connectivity index (χ4v) is 2.53. The van der Waals surface area contributed by atoms with Crippen LogP contribution in [0.4, 0.5) is 5.69 Å². The summed E-state index contributed by atoms with van der Waals surface area (Å²) in [6, 6.07) is 1.67. The summed E-state index contributed by atoms with van der Waals surface area (Å²) in [6.07, 6.45) is 4.13.